The summed E-state index contributed by atoms with van der Waals surface area (Å²) in [7, 11) is 0. The normalized spacial score (nSPS) is 12.9. The van der Waals surface area contributed by atoms with E-state index >= 15 is 0 Å². The molecule has 1 aromatic rings. The van der Waals surface area contributed by atoms with Crippen LogP contribution in [-0.4, -0.2) is 11.8 Å². The van der Waals surface area contributed by atoms with E-state index in [9.17, 15) is 9.59 Å². The third kappa shape index (κ3) is 5.05. The molecule has 0 aromatic heterocycles. The number of carbonyl (C=O) groups excluding carboxylic acids is 2. The fourth-order valence-electron chi connectivity index (χ4n) is 2.04. The first kappa shape index (κ1) is 17.5. The molecule has 0 aliphatic heterocycles. The maximum atomic E-state index is 12.4. The van der Waals surface area contributed by atoms with Crippen LogP contribution < -0.4 is 10.9 Å². The topological polar surface area (TPSA) is 58.2 Å². The molecule has 2 amide bonds. The number of hydrogen-bond acceptors (Lipinski definition) is 2. The molecule has 0 fully saturated rings. The molecule has 4 nitrogen and oxygen atoms in total. The standard InChI is InChI=1S/C16H23ClN2O2/c1-10(2)14(20)18-19-15(21)13(16(3,4)5)11-6-8-12(17)9-7-11/h6-10,13H,1-5H3,(H,18,20)(H,19,21). The Labute approximate surface area is 131 Å². The van der Waals surface area contributed by atoms with Gasteiger partial charge in [0.2, 0.25) is 11.8 Å². The fourth-order valence-corrected chi connectivity index (χ4v) is 2.17. The van der Waals surface area contributed by atoms with Gasteiger partial charge < -0.3 is 0 Å². The van der Waals surface area contributed by atoms with Crippen molar-refractivity contribution in [3.05, 3.63) is 34.9 Å². The minimum atomic E-state index is -0.387. The van der Waals surface area contributed by atoms with Crippen LogP contribution in [-0.2, 0) is 9.59 Å². The molecule has 1 aromatic carbocycles. The lowest BCUT2D eigenvalue weighted by Gasteiger charge is -2.30. The maximum absolute atomic E-state index is 12.4. The third-order valence-electron chi connectivity index (χ3n) is 3.16. The smallest absolute Gasteiger partial charge is 0.246 e. The lowest BCUT2D eigenvalue weighted by Crippen LogP contribution is -2.47. The van der Waals surface area contributed by atoms with Gasteiger partial charge in [0.15, 0.2) is 0 Å². The van der Waals surface area contributed by atoms with Gasteiger partial charge in [0.05, 0.1) is 5.92 Å². The average molecular weight is 311 g/mol. The SMILES string of the molecule is CC(C)C(=O)NNC(=O)C(c1ccc(Cl)cc1)C(C)(C)C. The molecule has 0 aliphatic rings. The van der Waals surface area contributed by atoms with Gasteiger partial charge in [-0.05, 0) is 23.1 Å². The number of carbonyl (C=O) groups is 2. The van der Waals surface area contributed by atoms with Crippen LogP contribution in [0.15, 0.2) is 24.3 Å². The molecule has 116 valence electrons. The Morgan fingerprint density at radius 3 is 1.90 bits per heavy atom. The highest BCUT2D eigenvalue weighted by Gasteiger charge is 2.33. The predicted octanol–water partition coefficient (Wildman–Crippen LogP) is 3.27. The molecule has 1 rings (SSSR count). The fraction of sp³-hybridized carbons (Fsp3) is 0.500. The zero-order valence-electron chi connectivity index (χ0n) is 13.2. The van der Waals surface area contributed by atoms with Crippen molar-refractivity contribution < 1.29 is 9.59 Å². The summed E-state index contributed by atoms with van der Waals surface area (Å²) in [5.74, 6) is -1.03. The number of nitrogens with one attached hydrogen (secondary N) is 2. The van der Waals surface area contributed by atoms with Crippen molar-refractivity contribution in [3.8, 4) is 0 Å². The van der Waals surface area contributed by atoms with Crippen LogP contribution in [0.1, 0.15) is 46.1 Å². The van der Waals surface area contributed by atoms with E-state index in [1.54, 1.807) is 26.0 Å². The second-order valence-electron chi connectivity index (χ2n) is 6.48. The first-order valence-electron chi connectivity index (χ1n) is 6.98. The molecule has 0 aliphatic carbocycles. The molecule has 0 bridgehead atoms. The molecular weight excluding hydrogens is 288 g/mol. The van der Waals surface area contributed by atoms with Crippen LogP contribution in [0.25, 0.3) is 0 Å². The van der Waals surface area contributed by atoms with Gasteiger partial charge >= 0.3 is 0 Å². The first-order valence-corrected chi connectivity index (χ1v) is 7.36. The third-order valence-corrected chi connectivity index (χ3v) is 3.42. The van der Waals surface area contributed by atoms with Gasteiger partial charge in [-0.25, -0.2) is 0 Å². The molecule has 0 saturated heterocycles. The molecule has 1 unspecified atom stereocenters. The van der Waals surface area contributed by atoms with Crippen LogP contribution >= 0.6 is 11.6 Å². The minimum absolute atomic E-state index is 0.186. The summed E-state index contributed by atoms with van der Waals surface area (Å²) in [4.78, 5) is 24.0. The van der Waals surface area contributed by atoms with E-state index in [4.69, 9.17) is 11.6 Å². The Hall–Kier alpha value is -1.55. The molecule has 0 radical (unpaired) electrons. The summed E-state index contributed by atoms with van der Waals surface area (Å²) in [6, 6.07) is 7.19. The molecular formula is C16H23ClN2O2. The lowest BCUT2D eigenvalue weighted by atomic mass is 9.76. The van der Waals surface area contributed by atoms with Crippen LogP contribution in [0.3, 0.4) is 0 Å². The van der Waals surface area contributed by atoms with Gasteiger partial charge in [-0.15, -0.1) is 0 Å². The number of benzene rings is 1. The number of halogens is 1. The van der Waals surface area contributed by atoms with Crippen LogP contribution in [0.4, 0.5) is 0 Å². The van der Waals surface area contributed by atoms with E-state index < -0.39 is 0 Å². The lowest BCUT2D eigenvalue weighted by molar-refractivity contribution is -0.132. The second-order valence-corrected chi connectivity index (χ2v) is 6.92. The first-order chi connectivity index (χ1) is 9.62. The van der Waals surface area contributed by atoms with Crippen molar-refractivity contribution in [1.82, 2.24) is 10.9 Å². The quantitative estimate of drug-likeness (QED) is 0.842. The van der Waals surface area contributed by atoms with Gasteiger partial charge in [-0.1, -0.05) is 58.4 Å². The van der Waals surface area contributed by atoms with Crippen molar-refractivity contribution >= 4 is 23.4 Å². The number of hydrazine groups is 1. The van der Waals surface area contributed by atoms with E-state index in [-0.39, 0.29) is 29.1 Å². The Morgan fingerprint density at radius 1 is 1.00 bits per heavy atom. The Bertz CT molecular complexity index is 504. The Morgan fingerprint density at radius 2 is 1.48 bits per heavy atom. The highest BCUT2D eigenvalue weighted by atomic mass is 35.5. The van der Waals surface area contributed by atoms with E-state index in [2.05, 4.69) is 10.9 Å². The summed E-state index contributed by atoms with van der Waals surface area (Å²) < 4.78 is 0. The molecule has 2 N–H and O–H groups in total. The van der Waals surface area contributed by atoms with Gasteiger partial charge in [0.25, 0.3) is 0 Å². The predicted molar refractivity (Wildman–Crippen MR) is 84.8 cm³/mol. The zero-order valence-corrected chi connectivity index (χ0v) is 13.9. The minimum Gasteiger partial charge on any atom is -0.273 e. The van der Waals surface area contributed by atoms with Crippen molar-refractivity contribution in [2.75, 3.05) is 0 Å². The number of amides is 2. The largest absolute Gasteiger partial charge is 0.273 e. The zero-order chi connectivity index (χ0) is 16.2. The summed E-state index contributed by atoms with van der Waals surface area (Å²) in [6.45, 7) is 9.48. The van der Waals surface area contributed by atoms with E-state index in [0.29, 0.717) is 5.02 Å². The van der Waals surface area contributed by atoms with Crippen molar-refractivity contribution in [2.24, 2.45) is 11.3 Å². The molecule has 5 heteroatoms. The van der Waals surface area contributed by atoms with E-state index in [0.717, 1.165) is 5.56 Å². The summed E-state index contributed by atoms with van der Waals surface area (Å²) in [5.41, 5.74) is 5.54. The summed E-state index contributed by atoms with van der Waals surface area (Å²) >= 11 is 5.89. The molecule has 1 atom stereocenters. The summed E-state index contributed by atoms with van der Waals surface area (Å²) in [6.07, 6.45) is 0. The molecule has 0 saturated carbocycles. The second kappa shape index (κ2) is 6.94. The van der Waals surface area contributed by atoms with Crippen molar-refractivity contribution in [3.63, 3.8) is 0 Å². The Balaban J connectivity index is 2.91. The molecule has 0 spiro atoms. The highest BCUT2D eigenvalue weighted by molar-refractivity contribution is 6.30. The number of hydrogen-bond donors (Lipinski definition) is 2. The molecule has 0 heterocycles. The van der Waals surface area contributed by atoms with Crippen LogP contribution in [0.5, 0.6) is 0 Å². The number of rotatable bonds is 3. The Kier molecular flexibility index (Phi) is 5.78. The summed E-state index contributed by atoms with van der Waals surface area (Å²) in [5, 5.41) is 0.625. The van der Waals surface area contributed by atoms with Crippen LogP contribution in [0.2, 0.25) is 5.02 Å². The van der Waals surface area contributed by atoms with Gasteiger partial charge in [-0.3, -0.25) is 20.4 Å². The monoisotopic (exact) mass is 310 g/mol. The highest BCUT2D eigenvalue weighted by Crippen LogP contribution is 2.35. The van der Waals surface area contributed by atoms with E-state index in [1.807, 2.05) is 32.9 Å². The van der Waals surface area contributed by atoms with E-state index in [1.165, 1.54) is 0 Å². The maximum Gasteiger partial charge on any atom is 0.246 e. The van der Waals surface area contributed by atoms with Crippen molar-refractivity contribution in [2.45, 2.75) is 40.5 Å². The van der Waals surface area contributed by atoms with Crippen LogP contribution in [0, 0.1) is 11.3 Å². The van der Waals surface area contributed by atoms with Gasteiger partial charge in [-0.2, -0.15) is 0 Å². The molecule has 21 heavy (non-hydrogen) atoms. The van der Waals surface area contributed by atoms with Crippen molar-refractivity contribution in [1.29, 1.82) is 0 Å². The van der Waals surface area contributed by atoms with Gasteiger partial charge in [0, 0.05) is 10.9 Å². The average Bonchev–Trinajstić information content (AvgIpc) is 2.36. The van der Waals surface area contributed by atoms with Gasteiger partial charge in [0.1, 0.15) is 0 Å².